The second-order valence-electron chi connectivity index (χ2n) is 5.32. The van der Waals surface area contributed by atoms with Crippen LogP contribution >= 0.6 is 0 Å². The highest BCUT2D eigenvalue weighted by Crippen LogP contribution is 2.12. The molecular formula is C18H14N2O4. The van der Waals surface area contributed by atoms with Crippen molar-refractivity contribution in [1.29, 1.82) is 0 Å². The quantitative estimate of drug-likeness (QED) is 0.687. The maximum Gasteiger partial charge on any atom is 0.335 e. The van der Waals surface area contributed by atoms with Gasteiger partial charge in [0.15, 0.2) is 0 Å². The monoisotopic (exact) mass is 322 g/mol. The molecule has 0 atom stereocenters. The molecule has 0 aliphatic heterocycles. The van der Waals surface area contributed by atoms with Crippen molar-refractivity contribution in [2.45, 2.75) is 6.42 Å². The first kappa shape index (κ1) is 15.5. The number of rotatable bonds is 4. The Balaban J connectivity index is 1.76. The summed E-state index contributed by atoms with van der Waals surface area (Å²) in [6.07, 6.45) is -0.0686. The Hall–Kier alpha value is -3.41. The maximum absolute atomic E-state index is 12.1. The Kier molecular flexibility index (Phi) is 4.11. The molecule has 0 aliphatic carbocycles. The minimum atomic E-state index is -1.03. The number of carboxylic acids is 1. The molecule has 3 rings (SSSR count). The molecule has 0 saturated heterocycles. The number of carboxylic acid groups (broad SMARTS) is 1. The number of aromatic carboxylic acids is 1. The number of aromatic amines is 1. The number of carbonyl (C=O) groups is 2. The average molecular weight is 322 g/mol. The minimum absolute atomic E-state index is 0.0686. The van der Waals surface area contributed by atoms with Crippen LogP contribution in [-0.2, 0) is 11.2 Å². The van der Waals surface area contributed by atoms with E-state index in [-0.39, 0.29) is 23.5 Å². The number of benzene rings is 2. The Morgan fingerprint density at radius 2 is 1.75 bits per heavy atom. The van der Waals surface area contributed by atoms with Gasteiger partial charge in [-0.15, -0.1) is 0 Å². The van der Waals surface area contributed by atoms with Crippen LogP contribution in [0.15, 0.2) is 59.4 Å². The second-order valence-corrected chi connectivity index (χ2v) is 5.32. The van der Waals surface area contributed by atoms with Gasteiger partial charge >= 0.3 is 5.97 Å². The summed E-state index contributed by atoms with van der Waals surface area (Å²) in [5, 5.41) is 12.3. The number of amides is 1. The molecule has 0 spiro atoms. The smallest absolute Gasteiger partial charge is 0.335 e. The molecule has 6 heteroatoms. The average Bonchev–Trinajstić information content (AvgIpc) is 2.56. The van der Waals surface area contributed by atoms with Gasteiger partial charge in [-0.3, -0.25) is 9.59 Å². The molecule has 120 valence electrons. The SMILES string of the molecule is O=C(Cc1cc2ccccc2[nH]c1=O)Nc1ccc(C(=O)O)cc1. The van der Waals surface area contributed by atoms with Gasteiger partial charge in [-0.2, -0.15) is 0 Å². The van der Waals surface area contributed by atoms with Crippen LogP contribution in [0.1, 0.15) is 15.9 Å². The number of H-pyrrole nitrogens is 1. The fraction of sp³-hybridized carbons (Fsp3) is 0.0556. The van der Waals surface area contributed by atoms with E-state index in [1.54, 1.807) is 12.1 Å². The van der Waals surface area contributed by atoms with Crippen molar-refractivity contribution in [3.05, 3.63) is 76.1 Å². The van der Waals surface area contributed by atoms with Crippen LogP contribution in [0.5, 0.6) is 0 Å². The van der Waals surface area contributed by atoms with Crippen LogP contribution in [-0.4, -0.2) is 22.0 Å². The molecule has 0 aliphatic rings. The van der Waals surface area contributed by atoms with Gasteiger partial charge in [-0.05, 0) is 41.8 Å². The molecule has 1 heterocycles. The predicted molar refractivity (Wildman–Crippen MR) is 90.3 cm³/mol. The van der Waals surface area contributed by atoms with Gasteiger partial charge in [-0.1, -0.05) is 18.2 Å². The third-order valence-corrected chi connectivity index (χ3v) is 3.60. The predicted octanol–water partition coefficient (Wildman–Crippen LogP) is 2.41. The van der Waals surface area contributed by atoms with Gasteiger partial charge in [0.2, 0.25) is 5.91 Å². The molecule has 24 heavy (non-hydrogen) atoms. The number of aromatic nitrogens is 1. The molecule has 1 aromatic heterocycles. The van der Waals surface area contributed by atoms with Crippen molar-refractivity contribution in [3.63, 3.8) is 0 Å². The Labute approximate surface area is 136 Å². The number of anilines is 1. The molecule has 3 aromatic rings. The highest BCUT2D eigenvalue weighted by molar-refractivity contribution is 5.94. The largest absolute Gasteiger partial charge is 0.478 e. The van der Waals surface area contributed by atoms with E-state index < -0.39 is 5.97 Å². The van der Waals surface area contributed by atoms with Crippen LogP contribution in [0.25, 0.3) is 10.9 Å². The lowest BCUT2D eigenvalue weighted by Crippen LogP contribution is -2.21. The number of fused-ring (bicyclic) bond motifs is 1. The van der Waals surface area contributed by atoms with Gasteiger partial charge in [0.05, 0.1) is 12.0 Å². The minimum Gasteiger partial charge on any atom is -0.478 e. The zero-order valence-corrected chi connectivity index (χ0v) is 12.6. The number of para-hydroxylation sites is 1. The topological polar surface area (TPSA) is 99.3 Å². The first-order valence-electron chi connectivity index (χ1n) is 7.27. The molecule has 0 unspecified atom stereocenters. The summed E-state index contributed by atoms with van der Waals surface area (Å²) < 4.78 is 0. The normalized spacial score (nSPS) is 10.5. The summed E-state index contributed by atoms with van der Waals surface area (Å²) in [6.45, 7) is 0. The summed E-state index contributed by atoms with van der Waals surface area (Å²) in [7, 11) is 0. The highest BCUT2D eigenvalue weighted by atomic mass is 16.4. The van der Waals surface area contributed by atoms with Crippen LogP contribution in [0, 0.1) is 0 Å². The van der Waals surface area contributed by atoms with Crippen molar-refractivity contribution in [1.82, 2.24) is 4.98 Å². The van der Waals surface area contributed by atoms with Gasteiger partial charge in [0.1, 0.15) is 0 Å². The maximum atomic E-state index is 12.1. The van der Waals surface area contributed by atoms with Crippen molar-refractivity contribution in [2.75, 3.05) is 5.32 Å². The number of nitrogens with one attached hydrogen (secondary N) is 2. The van der Waals surface area contributed by atoms with Crippen molar-refractivity contribution < 1.29 is 14.7 Å². The third kappa shape index (κ3) is 3.33. The number of hydrogen-bond donors (Lipinski definition) is 3. The Morgan fingerprint density at radius 3 is 2.46 bits per heavy atom. The van der Waals surface area contributed by atoms with E-state index in [0.717, 1.165) is 10.9 Å². The summed E-state index contributed by atoms with van der Waals surface area (Å²) in [6, 6.07) is 14.8. The fourth-order valence-electron chi connectivity index (χ4n) is 2.40. The molecule has 2 aromatic carbocycles. The molecule has 1 amide bonds. The fourth-order valence-corrected chi connectivity index (χ4v) is 2.40. The van der Waals surface area contributed by atoms with Gasteiger partial charge in [0, 0.05) is 16.8 Å². The Bertz CT molecular complexity index is 974. The van der Waals surface area contributed by atoms with Crippen molar-refractivity contribution >= 4 is 28.5 Å². The molecule has 0 saturated carbocycles. The molecular weight excluding hydrogens is 308 g/mol. The summed E-state index contributed by atoms with van der Waals surface area (Å²) in [4.78, 5) is 37.7. The lowest BCUT2D eigenvalue weighted by molar-refractivity contribution is -0.115. The first-order valence-corrected chi connectivity index (χ1v) is 7.27. The second kappa shape index (κ2) is 6.37. The zero-order valence-electron chi connectivity index (χ0n) is 12.6. The van der Waals surface area contributed by atoms with Crippen molar-refractivity contribution in [3.8, 4) is 0 Å². The van der Waals surface area contributed by atoms with Crippen LogP contribution in [0.4, 0.5) is 5.69 Å². The van der Waals surface area contributed by atoms with Gasteiger partial charge in [0.25, 0.3) is 5.56 Å². The van der Waals surface area contributed by atoms with Crippen molar-refractivity contribution in [2.24, 2.45) is 0 Å². The molecule has 0 radical (unpaired) electrons. The van der Waals surface area contributed by atoms with E-state index in [4.69, 9.17) is 5.11 Å². The van der Waals surface area contributed by atoms with E-state index in [9.17, 15) is 14.4 Å². The van der Waals surface area contributed by atoms with E-state index in [1.165, 1.54) is 24.3 Å². The summed E-state index contributed by atoms with van der Waals surface area (Å²) >= 11 is 0. The van der Waals surface area contributed by atoms with Crippen LogP contribution in [0.2, 0.25) is 0 Å². The summed E-state index contributed by atoms with van der Waals surface area (Å²) in [5.41, 5.74) is 1.40. The first-order chi connectivity index (χ1) is 11.5. The van der Waals surface area contributed by atoms with Gasteiger partial charge in [-0.25, -0.2) is 4.79 Å². The molecule has 3 N–H and O–H groups in total. The Morgan fingerprint density at radius 1 is 1.04 bits per heavy atom. The van der Waals surface area contributed by atoms with Crippen LogP contribution < -0.4 is 10.9 Å². The zero-order chi connectivity index (χ0) is 17.1. The lowest BCUT2D eigenvalue weighted by atomic mass is 10.1. The number of carbonyl (C=O) groups excluding carboxylic acids is 1. The van der Waals surface area contributed by atoms with Gasteiger partial charge < -0.3 is 15.4 Å². The van der Waals surface area contributed by atoms with E-state index in [2.05, 4.69) is 10.3 Å². The van der Waals surface area contributed by atoms with E-state index in [1.807, 2.05) is 18.2 Å². The molecule has 0 bridgehead atoms. The molecule has 6 nitrogen and oxygen atoms in total. The van der Waals surface area contributed by atoms with E-state index in [0.29, 0.717) is 11.3 Å². The summed E-state index contributed by atoms with van der Waals surface area (Å²) in [5.74, 6) is -1.38. The highest BCUT2D eigenvalue weighted by Gasteiger charge is 2.09. The standard InChI is InChI=1S/C18H14N2O4/c21-16(19-14-7-5-11(6-8-14)18(23)24)10-13-9-12-3-1-2-4-15(12)20-17(13)22/h1-9H,10H2,(H,19,21)(H,20,22)(H,23,24). The van der Waals surface area contributed by atoms with E-state index >= 15 is 0 Å². The van der Waals surface area contributed by atoms with Crippen LogP contribution in [0.3, 0.4) is 0 Å². The molecule has 0 fully saturated rings. The lowest BCUT2D eigenvalue weighted by Gasteiger charge is -2.06. The third-order valence-electron chi connectivity index (χ3n) is 3.60. The number of hydrogen-bond acceptors (Lipinski definition) is 3. The number of pyridine rings is 1.